The molecule has 2 aromatic carbocycles. The normalized spacial score (nSPS) is 10.5. The summed E-state index contributed by atoms with van der Waals surface area (Å²) in [6.07, 6.45) is 0.137. The minimum absolute atomic E-state index is 0.0140. The van der Waals surface area contributed by atoms with Gasteiger partial charge in [-0.2, -0.15) is 0 Å². The van der Waals surface area contributed by atoms with Crippen molar-refractivity contribution < 1.29 is 13.6 Å². The Kier molecular flexibility index (Phi) is 4.27. The zero-order chi connectivity index (χ0) is 13.8. The smallest absolute Gasteiger partial charge is 0.141 e. The van der Waals surface area contributed by atoms with Crippen molar-refractivity contribution in [3.05, 3.63) is 70.2 Å². The Morgan fingerprint density at radius 2 is 1.63 bits per heavy atom. The van der Waals surface area contributed by atoms with Crippen LogP contribution in [-0.2, 0) is 17.6 Å². The summed E-state index contributed by atoms with van der Waals surface area (Å²) in [5.41, 5.74) is 1.04. The molecule has 0 heterocycles. The van der Waals surface area contributed by atoms with Crippen LogP contribution in [0.15, 0.2) is 42.5 Å². The van der Waals surface area contributed by atoms with Gasteiger partial charge in [0.05, 0.1) is 0 Å². The molecular weight excluding hydrogens is 270 g/mol. The third kappa shape index (κ3) is 3.86. The number of hydrogen-bond donors (Lipinski definition) is 0. The number of rotatable bonds is 4. The van der Waals surface area contributed by atoms with Crippen molar-refractivity contribution in [3.8, 4) is 0 Å². The SMILES string of the molecule is O=C(Cc1cc(F)cc(F)c1)Cc1ccccc1Cl. The maximum atomic E-state index is 13.0. The van der Waals surface area contributed by atoms with Gasteiger partial charge in [0, 0.05) is 23.9 Å². The summed E-state index contributed by atoms with van der Waals surface area (Å²) in [5, 5.41) is 0.515. The van der Waals surface area contributed by atoms with E-state index >= 15 is 0 Å². The number of Topliss-reactive ketones (excluding diaryl/α,β-unsaturated/α-hetero) is 1. The number of hydrogen-bond acceptors (Lipinski definition) is 1. The molecule has 0 saturated heterocycles. The summed E-state index contributed by atoms with van der Waals surface area (Å²) in [6.45, 7) is 0. The fourth-order valence-electron chi connectivity index (χ4n) is 1.86. The van der Waals surface area contributed by atoms with Gasteiger partial charge in [0.25, 0.3) is 0 Å². The molecule has 1 nitrogen and oxygen atoms in total. The molecule has 0 fully saturated rings. The van der Waals surface area contributed by atoms with E-state index in [0.29, 0.717) is 16.1 Å². The van der Waals surface area contributed by atoms with Crippen molar-refractivity contribution >= 4 is 17.4 Å². The van der Waals surface area contributed by atoms with Crippen LogP contribution >= 0.6 is 11.6 Å². The Hall–Kier alpha value is -1.74. The summed E-state index contributed by atoms with van der Waals surface area (Å²) >= 11 is 5.95. The molecule has 0 spiro atoms. The topological polar surface area (TPSA) is 17.1 Å². The van der Waals surface area contributed by atoms with Crippen LogP contribution in [0, 0.1) is 11.6 Å². The van der Waals surface area contributed by atoms with E-state index < -0.39 is 11.6 Å². The van der Waals surface area contributed by atoms with Crippen LogP contribution in [0.25, 0.3) is 0 Å². The second-order valence-corrected chi connectivity index (χ2v) is 4.67. The first-order valence-corrected chi connectivity index (χ1v) is 6.12. The molecule has 0 atom stereocenters. The average Bonchev–Trinajstić information content (AvgIpc) is 2.30. The Labute approximate surface area is 114 Å². The molecule has 4 heteroatoms. The first kappa shape index (κ1) is 13.7. The molecule has 2 rings (SSSR count). The number of ketones is 1. The van der Waals surface area contributed by atoms with E-state index in [-0.39, 0.29) is 18.6 Å². The van der Waals surface area contributed by atoms with Crippen molar-refractivity contribution in [2.45, 2.75) is 12.8 Å². The summed E-state index contributed by atoms with van der Waals surface area (Å²) in [7, 11) is 0. The lowest BCUT2D eigenvalue weighted by atomic mass is 10.0. The van der Waals surface area contributed by atoms with Gasteiger partial charge in [0.1, 0.15) is 17.4 Å². The highest BCUT2D eigenvalue weighted by Gasteiger charge is 2.09. The van der Waals surface area contributed by atoms with Gasteiger partial charge in [0.2, 0.25) is 0 Å². The summed E-state index contributed by atoms with van der Waals surface area (Å²) < 4.78 is 26.0. The van der Waals surface area contributed by atoms with Crippen LogP contribution in [0.3, 0.4) is 0 Å². The number of halogens is 3. The standard InChI is InChI=1S/C15H11ClF2O/c16-15-4-2-1-3-11(15)8-14(19)7-10-5-12(17)9-13(18)6-10/h1-6,9H,7-8H2. The Bertz CT molecular complexity index is 591. The van der Waals surface area contributed by atoms with Crippen LogP contribution in [0.2, 0.25) is 5.02 Å². The van der Waals surface area contributed by atoms with Gasteiger partial charge in [-0.05, 0) is 29.3 Å². The summed E-state index contributed by atoms with van der Waals surface area (Å²) in [4.78, 5) is 11.9. The number of benzene rings is 2. The highest BCUT2D eigenvalue weighted by atomic mass is 35.5. The Morgan fingerprint density at radius 1 is 1.00 bits per heavy atom. The van der Waals surface area contributed by atoms with Crippen molar-refractivity contribution in [2.75, 3.05) is 0 Å². The van der Waals surface area contributed by atoms with E-state index in [2.05, 4.69) is 0 Å². The van der Waals surface area contributed by atoms with Gasteiger partial charge < -0.3 is 0 Å². The third-order valence-electron chi connectivity index (χ3n) is 2.67. The van der Waals surface area contributed by atoms with Crippen LogP contribution in [0.5, 0.6) is 0 Å². The van der Waals surface area contributed by atoms with Gasteiger partial charge in [-0.15, -0.1) is 0 Å². The molecular formula is C15H11ClF2O. The molecule has 0 radical (unpaired) electrons. The van der Waals surface area contributed by atoms with E-state index in [9.17, 15) is 13.6 Å². The van der Waals surface area contributed by atoms with Crippen molar-refractivity contribution in [1.29, 1.82) is 0 Å². The average molecular weight is 281 g/mol. The van der Waals surface area contributed by atoms with E-state index in [1.807, 2.05) is 0 Å². The second-order valence-electron chi connectivity index (χ2n) is 4.26. The predicted octanol–water partition coefficient (Wildman–Crippen LogP) is 3.97. The van der Waals surface area contributed by atoms with Crippen LogP contribution in [-0.4, -0.2) is 5.78 Å². The molecule has 0 aliphatic heterocycles. The van der Waals surface area contributed by atoms with Gasteiger partial charge in [-0.3, -0.25) is 4.79 Å². The zero-order valence-corrected chi connectivity index (χ0v) is 10.8. The highest BCUT2D eigenvalue weighted by Crippen LogP contribution is 2.17. The van der Waals surface area contributed by atoms with Gasteiger partial charge in [-0.1, -0.05) is 29.8 Å². The molecule has 0 aromatic heterocycles. The van der Waals surface area contributed by atoms with Gasteiger partial charge in [0.15, 0.2) is 0 Å². The van der Waals surface area contributed by atoms with Crippen molar-refractivity contribution in [2.24, 2.45) is 0 Å². The number of carbonyl (C=O) groups is 1. The van der Waals surface area contributed by atoms with E-state index in [1.54, 1.807) is 24.3 Å². The lowest BCUT2D eigenvalue weighted by molar-refractivity contribution is -0.117. The van der Waals surface area contributed by atoms with Gasteiger partial charge >= 0.3 is 0 Å². The lowest BCUT2D eigenvalue weighted by Gasteiger charge is -2.04. The maximum absolute atomic E-state index is 13.0. The minimum atomic E-state index is -0.680. The Balaban J connectivity index is 2.07. The minimum Gasteiger partial charge on any atom is -0.299 e. The first-order valence-electron chi connectivity index (χ1n) is 5.74. The fraction of sp³-hybridized carbons (Fsp3) is 0.133. The monoisotopic (exact) mass is 280 g/mol. The second kappa shape index (κ2) is 5.93. The molecule has 0 amide bonds. The molecule has 2 aromatic rings. The molecule has 98 valence electrons. The summed E-state index contributed by atoms with van der Waals surface area (Å²) in [6, 6.07) is 10.1. The fourth-order valence-corrected chi connectivity index (χ4v) is 2.06. The van der Waals surface area contributed by atoms with Crippen LogP contribution in [0.1, 0.15) is 11.1 Å². The molecule has 0 N–H and O–H groups in total. The van der Waals surface area contributed by atoms with E-state index in [0.717, 1.165) is 18.2 Å². The number of carbonyl (C=O) groups excluding carboxylic acids is 1. The molecule has 0 saturated carbocycles. The summed E-state index contributed by atoms with van der Waals surface area (Å²) in [5.74, 6) is -1.50. The molecule has 0 aliphatic carbocycles. The van der Waals surface area contributed by atoms with Gasteiger partial charge in [-0.25, -0.2) is 8.78 Å². The zero-order valence-electron chi connectivity index (χ0n) is 10.00. The van der Waals surface area contributed by atoms with Crippen molar-refractivity contribution in [3.63, 3.8) is 0 Å². The van der Waals surface area contributed by atoms with Crippen molar-refractivity contribution in [1.82, 2.24) is 0 Å². The maximum Gasteiger partial charge on any atom is 0.141 e. The molecule has 0 aliphatic rings. The third-order valence-corrected chi connectivity index (χ3v) is 3.04. The highest BCUT2D eigenvalue weighted by molar-refractivity contribution is 6.31. The molecule has 0 bridgehead atoms. The largest absolute Gasteiger partial charge is 0.299 e. The van der Waals surface area contributed by atoms with E-state index in [1.165, 1.54) is 0 Å². The molecule has 19 heavy (non-hydrogen) atoms. The molecule has 0 unspecified atom stereocenters. The van der Waals surface area contributed by atoms with E-state index in [4.69, 9.17) is 11.6 Å². The van der Waals surface area contributed by atoms with Crippen LogP contribution < -0.4 is 0 Å². The van der Waals surface area contributed by atoms with Crippen LogP contribution in [0.4, 0.5) is 8.78 Å². The quantitative estimate of drug-likeness (QED) is 0.828. The Morgan fingerprint density at radius 3 is 2.26 bits per heavy atom. The first-order chi connectivity index (χ1) is 9.04. The lowest BCUT2D eigenvalue weighted by Crippen LogP contribution is -2.07. The predicted molar refractivity (Wildman–Crippen MR) is 70.2 cm³/mol.